The Labute approximate surface area is 118 Å². The summed E-state index contributed by atoms with van der Waals surface area (Å²) in [6, 6.07) is 0.679. The van der Waals surface area contributed by atoms with Gasteiger partial charge in [-0.05, 0) is 18.8 Å². The lowest BCUT2D eigenvalue weighted by Gasteiger charge is -2.35. The van der Waals surface area contributed by atoms with Crippen molar-refractivity contribution in [1.29, 1.82) is 0 Å². The Kier molecular flexibility index (Phi) is 6.11. The standard InChI is InChI=1S/C16H31NO2/c1-12(2)17-15(10-13-6-4-3-5-7-13)16(18)11-14-8-9-19-14/h12-18H,3-11H2,1-2H3/t14-,15-,16-/m0/s1. The Bertz CT molecular complexity index is 247. The second-order valence-electron chi connectivity index (χ2n) is 6.75. The van der Waals surface area contributed by atoms with E-state index in [0.29, 0.717) is 12.1 Å². The van der Waals surface area contributed by atoms with Crippen LogP contribution in [0, 0.1) is 5.92 Å². The molecule has 1 saturated heterocycles. The average Bonchev–Trinajstić information content (AvgIpc) is 2.33. The molecule has 3 atom stereocenters. The third kappa shape index (κ3) is 5.05. The second-order valence-corrected chi connectivity index (χ2v) is 6.75. The molecule has 0 bridgehead atoms. The first kappa shape index (κ1) is 15.3. The van der Waals surface area contributed by atoms with Crippen LogP contribution >= 0.6 is 0 Å². The van der Waals surface area contributed by atoms with Crippen LogP contribution in [0.1, 0.15) is 65.2 Å². The summed E-state index contributed by atoms with van der Waals surface area (Å²) in [5.74, 6) is 0.807. The molecule has 3 nitrogen and oxygen atoms in total. The summed E-state index contributed by atoms with van der Waals surface area (Å²) in [6.45, 7) is 5.21. The van der Waals surface area contributed by atoms with E-state index >= 15 is 0 Å². The number of aliphatic hydroxyl groups excluding tert-OH is 1. The molecule has 2 fully saturated rings. The van der Waals surface area contributed by atoms with Gasteiger partial charge in [0.1, 0.15) is 0 Å². The van der Waals surface area contributed by atoms with E-state index in [-0.39, 0.29) is 12.1 Å². The minimum Gasteiger partial charge on any atom is -0.391 e. The first-order valence-corrected chi connectivity index (χ1v) is 8.21. The third-order valence-electron chi connectivity index (χ3n) is 4.62. The van der Waals surface area contributed by atoms with E-state index in [1.807, 2.05) is 0 Å². The maximum Gasteiger partial charge on any atom is 0.0718 e. The molecule has 1 aliphatic carbocycles. The normalized spacial score (nSPS) is 28.1. The summed E-state index contributed by atoms with van der Waals surface area (Å²) in [6.07, 6.45) is 9.95. The van der Waals surface area contributed by atoms with Gasteiger partial charge in [-0.25, -0.2) is 0 Å². The van der Waals surface area contributed by atoms with E-state index in [4.69, 9.17) is 4.74 Å². The fourth-order valence-electron chi connectivity index (χ4n) is 3.45. The van der Waals surface area contributed by atoms with Crippen molar-refractivity contribution in [3.8, 4) is 0 Å². The Morgan fingerprint density at radius 1 is 1.11 bits per heavy atom. The lowest BCUT2D eigenvalue weighted by atomic mass is 9.82. The van der Waals surface area contributed by atoms with Crippen LogP contribution in [-0.2, 0) is 4.74 Å². The highest BCUT2D eigenvalue weighted by Crippen LogP contribution is 2.29. The first-order chi connectivity index (χ1) is 9.15. The van der Waals surface area contributed by atoms with Crippen molar-refractivity contribution in [3.63, 3.8) is 0 Å². The summed E-state index contributed by atoms with van der Waals surface area (Å²) in [5.41, 5.74) is 0. The Hall–Kier alpha value is -0.120. The molecule has 0 aromatic heterocycles. The molecule has 0 aromatic carbocycles. The van der Waals surface area contributed by atoms with Crippen LogP contribution < -0.4 is 5.32 Å². The van der Waals surface area contributed by atoms with Gasteiger partial charge >= 0.3 is 0 Å². The van der Waals surface area contributed by atoms with Crippen LogP contribution in [0.4, 0.5) is 0 Å². The Morgan fingerprint density at radius 2 is 1.79 bits per heavy atom. The molecule has 0 unspecified atom stereocenters. The van der Waals surface area contributed by atoms with Gasteiger partial charge in [-0.15, -0.1) is 0 Å². The fourth-order valence-corrected chi connectivity index (χ4v) is 3.45. The van der Waals surface area contributed by atoms with Crippen molar-refractivity contribution in [2.45, 2.75) is 89.5 Å². The number of ether oxygens (including phenoxy) is 1. The van der Waals surface area contributed by atoms with E-state index in [9.17, 15) is 5.11 Å². The van der Waals surface area contributed by atoms with Gasteiger partial charge in [0.25, 0.3) is 0 Å². The van der Waals surface area contributed by atoms with Gasteiger partial charge in [-0.2, -0.15) is 0 Å². The van der Waals surface area contributed by atoms with Gasteiger partial charge in [-0.1, -0.05) is 46.0 Å². The van der Waals surface area contributed by atoms with Crippen molar-refractivity contribution in [2.75, 3.05) is 6.61 Å². The van der Waals surface area contributed by atoms with Crippen LogP contribution in [0.15, 0.2) is 0 Å². The molecule has 2 N–H and O–H groups in total. The predicted molar refractivity (Wildman–Crippen MR) is 78.2 cm³/mol. The second kappa shape index (κ2) is 7.61. The van der Waals surface area contributed by atoms with Crippen molar-refractivity contribution < 1.29 is 9.84 Å². The van der Waals surface area contributed by atoms with Gasteiger partial charge in [0.15, 0.2) is 0 Å². The van der Waals surface area contributed by atoms with Crippen molar-refractivity contribution in [3.05, 3.63) is 0 Å². The zero-order chi connectivity index (χ0) is 13.7. The molecule has 112 valence electrons. The molecule has 2 aliphatic rings. The topological polar surface area (TPSA) is 41.5 Å². The van der Waals surface area contributed by atoms with Crippen molar-refractivity contribution >= 4 is 0 Å². The van der Waals surface area contributed by atoms with Gasteiger partial charge in [0.2, 0.25) is 0 Å². The van der Waals surface area contributed by atoms with Crippen molar-refractivity contribution in [1.82, 2.24) is 5.32 Å². The average molecular weight is 269 g/mol. The third-order valence-corrected chi connectivity index (χ3v) is 4.62. The maximum absolute atomic E-state index is 10.5. The number of rotatable bonds is 7. The van der Waals surface area contributed by atoms with Crippen LogP contribution in [0.2, 0.25) is 0 Å². The van der Waals surface area contributed by atoms with E-state index in [0.717, 1.165) is 31.8 Å². The zero-order valence-corrected chi connectivity index (χ0v) is 12.6. The van der Waals surface area contributed by atoms with Crippen LogP contribution in [0.5, 0.6) is 0 Å². The molecule has 1 aliphatic heterocycles. The fraction of sp³-hybridized carbons (Fsp3) is 1.00. The molecule has 19 heavy (non-hydrogen) atoms. The minimum atomic E-state index is -0.255. The van der Waals surface area contributed by atoms with Crippen molar-refractivity contribution in [2.24, 2.45) is 5.92 Å². The van der Waals surface area contributed by atoms with Crippen LogP contribution in [-0.4, -0.2) is 36.0 Å². The molecular formula is C16H31NO2. The molecule has 0 radical (unpaired) electrons. The first-order valence-electron chi connectivity index (χ1n) is 8.21. The summed E-state index contributed by atoms with van der Waals surface area (Å²) in [5, 5.41) is 14.1. The quantitative estimate of drug-likeness (QED) is 0.747. The SMILES string of the molecule is CC(C)N[C@@H](CC1CCCCC1)[C@@H](O)C[C@@H]1CCO1. The van der Waals surface area contributed by atoms with Crippen LogP contribution in [0.25, 0.3) is 0 Å². The number of aliphatic hydroxyl groups is 1. The lowest BCUT2D eigenvalue weighted by molar-refractivity contribution is -0.0792. The van der Waals surface area contributed by atoms with Gasteiger partial charge < -0.3 is 15.2 Å². The number of hydrogen-bond acceptors (Lipinski definition) is 3. The predicted octanol–water partition coefficient (Wildman–Crippen LogP) is 2.86. The molecule has 0 spiro atoms. The van der Waals surface area contributed by atoms with E-state index in [1.165, 1.54) is 32.1 Å². The summed E-state index contributed by atoms with van der Waals surface area (Å²) in [4.78, 5) is 0. The highest BCUT2D eigenvalue weighted by molar-refractivity contribution is 4.84. The van der Waals surface area contributed by atoms with E-state index in [1.54, 1.807) is 0 Å². The minimum absolute atomic E-state index is 0.243. The Morgan fingerprint density at radius 3 is 2.32 bits per heavy atom. The highest BCUT2D eigenvalue weighted by atomic mass is 16.5. The zero-order valence-electron chi connectivity index (χ0n) is 12.6. The van der Waals surface area contributed by atoms with Gasteiger partial charge in [-0.3, -0.25) is 0 Å². The summed E-state index contributed by atoms with van der Waals surface area (Å²) in [7, 11) is 0. The van der Waals surface area contributed by atoms with E-state index in [2.05, 4.69) is 19.2 Å². The summed E-state index contributed by atoms with van der Waals surface area (Å²) < 4.78 is 5.46. The number of nitrogens with one attached hydrogen (secondary N) is 1. The van der Waals surface area contributed by atoms with E-state index < -0.39 is 0 Å². The van der Waals surface area contributed by atoms with Gasteiger partial charge in [0, 0.05) is 25.1 Å². The lowest BCUT2D eigenvalue weighted by Crippen LogP contribution is -2.47. The van der Waals surface area contributed by atoms with Gasteiger partial charge in [0.05, 0.1) is 12.2 Å². The molecule has 1 heterocycles. The van der Waals surface area contributed by atoms with Crippen LogP contribution in [0.3, 0.4) is 0 Å². The Balaban J connectivity index is 1.81. The maximum atomic E-state index is 10.5. The molecule has 0 amide bonds. The molecule has 2 rings (SSSR count). The molecule has 3 heteroatoms. The molecular weight excluding hydrogens is 238 g/mol. The smallest absolute Gasteiger partial charge is 0.0718 e. The monoisotopic (exact) mass is 269 g/mol. The summed E-state index contributed by atoms with van der Waals surface area (Å²) >= 11 is 0. The number of hydrogen-bond donors (Lipinski definition) is 2. The highest BCUT2D eigenvalue weighted by Gasteiger charge is 2.29. The molecule has 1 saturated carbocycles. The molecule has 0 aromatic rings. The largest absolute Gasteiger partial charge is 0.391 e.